The number of nitrogens with one attached hydrogen (secondary N) is 2. The number of piperidine rings is 1. The lowest BCUT2D eigenvalue weighted by atomic mass is 9.95. The van der Waals surface area contributed by atoms with E-state index in [1.54, 1.807) is 38.6 Å². The van der Waals surface area contributed by atoms with E-state index in [1.165, 1.54) is 0 Å². The quantitative estimate of drug-likeness (QED) is 0.523. The molecule has 1 aliphatic heterocycles. The van der Waals surface area contributed by atoms with E-state index in [0.29, 0.717) is 54.4 Å². The number of methoxy groups -OCH3 is 2. The molecule has 3 aromatic rings. The Kier molecular flexibility index (Phi) is 7.50. The van der Waals surface area contributed by atoms with Crippen LogP contribution in [0, 0.1) is 12.8 Å². The fourth-order valence-corrected chi connectivity index (χ4v) is 4.16. The van der Waals surface area contributed by atoms with Crippen LogP contribution in [0.2, 0.25) is 0 Å². The van der Waals surface area contributed by atoms with Crippen LogP contribution in [0.3, 0.4) is 0 Å². The van der Waals surface area contributed by atoms with Crippen molar-refractivity contribution in [1.82, 2.24) is 4.98 Å². The molecule has 1 fully saturated rings. The molecule has 2 amide bonds. The minimum absolute atomic E-state index is 0.00655. The molecule has 0 saturated carbocycles. The van der Waals surface area contributed by atoms with Gasteiger partial charge in [0.25, 0.3) is 5.91 Å². The van der Waals surface area contributed by atoms with E-state index in [9.17, 15) is 9.59 Å². The number of benzene rings is 2. The van der Waals surface area contributed by atoms with Crippen molar-refractivity contribution in [2.75, 3.05) is 42.8 Å². The summed E-state index contributed by atoms with van der Waals surface area (Å²) in [6.45, 7) is 3.33. The van der Waals surface area contributed by atoms with Crippen molar-refractivity contribution in [1.29, 1.82) is 0 Å². The molecule has 0 unspecified atom stereocenters. The third kappa shape index (κ3) is 5.90. The predicted molar refractivity (Wildman–Crippen MR) is 136 cm³/mol. The van der Waals surface area contributed by atoms with Crippen LogP contribution in [0.15, 0.2) is 60.8 Å². The third-order valence-corrected chi connectivity index (χ3v) is 6.14. The van der Waals surface area contributed by atoms with Gasteiger partial charge in [-0.05, 0) is 61.7 Å². The molecular formula is C27H30N4O4. The van der Waals surface area contributed by atoms with Gasteiger partial charge in [0.15, 0.2) is 0 Å². The molecule has 0 bridgehead atoms. The summed E-state index contributed by atoms with van der Waals surface area (Å²) in [7, 11) is 3.18. The number of rotatable bonds is 7. The number of anilines is 3. The number of pyridine rings is 1. The van der Waals surface area contributed by atoms with Gasteiger partial charge in [0.2, 0.25) is 5.91 Å². The molecule has 0 spiro atoms. The first kappa shape index (κ1) is 24.1. The summed E-state index contributed by atoms with van der Waals surface area (Å²) in [6, 6.07) is 16.4. The SMILES string of the molecule is COc1cccc(NC(=O)c2ccnc(N3CCC(C(=O)Nc4cc(C)ccc4OC)CC3)c2)c1. The first-order chi connectivity index (χ1) is 17.0. The summed E-state index contributed by atoms with van der Waals surface area (Å²) in [5, 5.41) is 5.92. The van der Waals surface area contributed by atoms with Gasteiger partial charge in [0, 0.05) is 42.5 Å². The molecule has 2 aromatic carbocycles. The molecule has 35 heavy (non-hydrogen) atoms. The zero-order valence-corrected chi connectivity index (χ0v) is 20.2. The second kappa shape index (κ2) is 10.9. The molecule has 0 aliphatic carbocycles. The molecule has 1 aliphatic rings. The summed E-state index contributed by atoms with van der Waals surface area (Å²) in [4.78, 5) is 32.2. The van der Waals surface area contributed by atoms with Gasteiger partial charge < -0.3 is 25.0 Å². The lowest BCUT2D eigenvalue weighted by Gasteiger charge is -2.32. The smallest absolute Gasteiger partial charge is 0.255 e. The van der Waals surface area contributed by atoms with Crippen molar-refractivity contribution in [3.63, 3.8) is 0 Å². The minimum Gasteiger partial charge on any atom is -0.497 e. The second-order valence-electron chi connectivity index (χ2n) is 8.54. The number of ether oxygens (including phenoxy) is 2. The van der Waals surface area contributed by atoms with Crippen LogP contribution in [-0.4, -0.2) is 44.1 Å². The molecule has 8 heteroatoms. The van der Waals surface area contributed by atoms with Crippen LogP contribution in [0.25, 0.3) is 0 Å². The lowest BCUT2D eigenvalue weighted by molar-refractivity contribution is -0.120. The van der Waals surface area contributed by atoms with Crippen molar-refractivity contribution in [2.24, 2.45) is 5.92 Å². The summed E-state index contributed by atoms with van der Waals surface area (Å²) in [5.74, 6) is 1.72. The monoisotopic (exact) mass is 474 g/mol. The lowest BCUT2D eigenvalue weighted by Crippen LogP contribution is -2.38. The summed E-state index contributed by atoms with van der Waals surface area (Å²) < 4.78 is 10.6. The fraction of sp³-hybridized carbons (Fsp3) is 0.296. The first-order valence-electron chi connectivity index (χ1n) is 11.6. The van der Waals surface area contributed by atoms with Crippen molar-refractivity contribution in [3.8, 4) is 11.5 Å². The Labute approximate surface area is 205 Å². The Morgan fingerprint density at radius 1 is 0.971 bits per heavy atom. The van der Waals surface area contributed by atoms with Gasteiger partial charge >= 0.3 is 0 Å². The van der Waals surface area contributed by atoms with E-state index < -0.39 is 0 Å². The summed E-state index contributed by atoms with van der Waals surface area (Å²) in [5.41, 5.74) is 2.92. The van der Waals surface area contributed by atoms with Crippen LogP contribution in [0.1, 0.15) is 28.8 Å². The van der Waals surface area contributed by atoms with Gasteiger partial charge in [0.05, 0.1) is 19.9 Å². The maximum Gasteiger partial charge on any atom is 0.255 e. The highest BCUT2D eigenvalue weighted by atomic mass is 16.5. The Morgan fingerprint density at radius 3 is 2.51 bits per heavy atom. The van der Waals surface area contributed by atoms with Gasteiger partial charge in [-0.25, -0.2) is 4.98 Å². The highest BCUT2D eigenvalue weighted by Crippen LogP contribution is 2.28. The van der Waals surface area contributed by atoms with E-state index in [0.717, 1.165) is 11.4 Å². The molecular weight excluding hydrogens is 444 g/mol. The van der Waals surface area contributed by atoms with Gasteiger partial charge in [0.1, 0.15) is 17.3 Å². The molecule has 182 valence electrons. The average Bonchev–Trinajstić information content (AvgIpc) is 2.89. The second-order valence-corrected chi connectivity index (χ2v) is 8.54. The standard InChI is InChI=1S/C27H30N4O4/c1-18-7-8-24(35-3)23(15-18)30-26(32)19-10-13-31(14-11-19)25-16-20(9-12-28-25)27(33)29-21-5-4-6-22(17-21)34-2/h4-9,12,15-17,19H,10-11,13-14H2,1-3H3,(H,29,33)(H,30,32). The Hall–Kier alpha value is -4.07. The molecule has 4 rings (SSSR count). The van der Waals surface area contributed by atoms with E-state index >= 15 is 0 Å². The van der Waals surface area contributed by atoms with Gasteiger partial charge in [-0.15, -0.1) is 0 Å². The number of carbonyl (C=O) groups excluding carboxylic acids is 2. The van der Waals surface area contributed by atoms with Crippen molar-refractivity contribution in [2.45, 2.75) is 19.8 Å². The van der Waals surface area contributed by atoms with Gasteiger partial charge in [-0.2, -0.15) is 0 Å². The highest BCUT2D eigenvalue weighted by Gasteiger charge is 2.26. The van der Waals surface area contributed by atoms with E-state index in [2.05, 4.69) is 20.5 Å². The number of carbonyl (C=O) groups is 2. The number of nitrogens with zero attached hydrogens (tertiary/aromatic N) is 2. The van der Waals surface area contributed by atoms with Crippen molar-refractivity contribution < 1.29 is 19.1 Å². The molecule has 2 heterocycles. The van der Waals surface area contributed by atoms with Crippen LogP contribution in [0.4, 0.5) is 17.2 Å². The Morgan fingerprint density at radius 2 is 1.77 bits per heavy atom. The zero-order valence-electron chi connectivity index (χ0n) is 20.2. The van der Waals surface area contributed by atoms with E-state index in [-0.39, 0.29) is 17.7 Å². The number of aryl methyl sites for hydroxylation is 1. The van der Waals surface area contributed by atoms with Crippen LogP contribution in [0.5, 0.6) is 11.5 Å². The predicted octanol–water partition coefficient (Wildman–Crippen LogP) is 4.51. The molecule has 0 atom stereocenters. The number of hydrogen-bond donors (Lipinski definition) is 2. The normalized spacial score (nSPS) is 13.7. The van der Waals surface area contributed by atoms with Crippen molar-refractivity contribution >= 4 is 29.0 Å². The first-order valence-corrected chi connectivity index (χ1v) is 11.6. The zero-order chi connectivity index (χ0) is 24.8. The van der Waals surface area contributed by atoms with Gasteiger partial charge in [-0.3, -0.25) is 9.59 Å². The number of hydrogen-bond acceptors (Lipinski definition) is 6. The molecule has 0 radical (unpaired) electrons. The van der Waals surface area contributed by atoms with Crippen LogP contribution in [-0.2, 0) is 4.79 Å². The fourth-order valence-electron chi connectivity index (χ4n) is 4.16. The average molecular weight is 475 g/mol. The molecule has 2 N–H and O–H groups in total. The maximum absolute atomic E-state index is 12.9. The van der Waals surface area contributed by atoms with E-state index in [1.807, 2.05) is 43.3 Å². The van der Waals surface area contributed by atoms with E-state index in [4.69, 9.17) is 9.47 Å². The molecule has 1 saturated heterocycles. The Balaban J connectivity index is 1.36. The van der Waals surface area contributed by atoms with Crippen LogP contribution >= 0.6 is 0 Å². The highest BCUT2D eigenvalue weighted by molar-refractivity contribution is 6.04. The number of aromatic nitrogens is 1. The Bertz CT molecular complexity index is 1210. The minimum atomic E-state index is -0.219. The third-order valence-electron chi connectivity index (χ3n) is 6.14. The van der Waals surface area contributed by atoms with Crippen molar-refractivity contribution in [3.05, 3.63) is 71.9 Å². The number of amides is 2. The largest absolute Gasteiger partial charge is 0.497 e. The van der Waals surface area contributed by atoms with Crippen LogP contribution < -0.4 is 25.0 Å². The summed E-state index contributed by atoms with van der Waals surface area (Å²) in [6.07, 6.45) is 3.03. The van der Waals surface area contributed by atoms with Gasteiger partial charge in [-0.1, -0.05) is 12.1 Å². The molecule has 8 nitrogen and oxygen atoms in total. The summed E-state index contributed by atoms with van der Waals surface area (Å²) >= 11 is 0. The molecule has 1 aromatic heterocycles. The topological polar surface area (TPSA) is 92.8 Å². The maximum atomic E-state index is 12.9.